The zero-order valence-electron chi connectivity index (χ0n) is 18.9. The van der Waals surface area contributed by atoms with E-state index in [0.29, 0.717) is 24.4 Å². The lowest BCUT2D eigenvalue weighted by atomic mass is 9.95. The Balaban J connectivity index is 1.70. The van der Waals surface area contributed by atoms with Gasteiger partial charge in [0.2, 0.25) is 21.8 Å². The molecule has 2 aromatic rings. The molecule has 1 aliphatic rings. The molecular formula is C22H29FN4O4S2. The van der Waals surface area contributed by atoms with Gasteiger partial charge in [-0.15, -0.1) is 11.3 Å². The highest BCUT2D eigenvalue weighted by Gasteiger charge is 2.35. The van der Waals surface area contributed by atoms with E-state index >= 15 is 0 Å². The van der Waals surface area contributed by atoms with E-state index in [1.807, 2.05) is 20.8 Å². The summed E-state index contributed by atoms with van der Waals surface area (Å²) < 4.78 is 40.4. The topological polar surface area (TPSA) is 108 Å². The number of hydrogen-bond donors (Lipinski definition) is 2. The normalized spacial score (nSPS) is 19.0. The number of benzene rings is 1. The summed E-state index contributed by atoms with van der Waals surface area (Å²) in [6.45, 7) is 5.98. The molecule has 180 valence electrons. The van der Waals surface area contributed by atoms with Gasteiger partial charge in [-0.1, -0.05) is 20.3 Å². The predicted molar refractivity (Wildman–Crippen MR) is 125 cm³/mol. The van der Waals surface area contributed by atoms with Gasteiger partial charge in [-0.05, 0) is 49.9 Å². The fourth-order valence-corrected chi connectivity index (χ4v) is 5.89. The van der Waals surface area contributed by atoms with Gasteiger partial charge in [-0.2, -0.15) is 4.31 Å². The molecule has 1 aliphatic heterocycles. The van der Waals surface area contributed by atoms with Gasteiger partial charge in [0.05, 0.1) is 10.8 Å². The Bertz CT molecular complexity index is 1090. The van der Waals surface area contributed by atoms with Gasteiger partial charge >= 0.3 is 0 Å². The zero-order chi connectivity index (χ0) is 24.2. The number of amides is 2. The van der Waals surface area contributed by atoms with Crippen molar-refractivity contribution >= 4 is 38.3 Å². The number of nitrogens with zero attached hydrogens (tertiary/aromatic N) is 2. The van der Waals surface area contributed by atoms with Crippen LogP contribution in [0.25, 0.3) is 0 Å². The van der Waals surface area contributed by atoms with Crippen molar-refractivity contribution in [3.63, 3.8) is 0 Å². The van der Waals surface area contributed by atoms with Gasteiger partial charge in [0, 0.05) is 24.2 Å². The second-order valence-electron chi connectivity index (χ2n) is 8.29. The second kappa shape index (κ2) is 10.7. The number of thiazole rings is 1. The Kier molecular flexibility index (Phi) is 8.19. The van der Waals surface area contributed by atoms with Crippen LogP contribution in [0.1, 0.15) is 38.0 Å². The maximum absolute atomic E-state index is 13.2. The maximum Gasteiger partial charge on any atom is 0.249 e. The van der Waals surface area contributed by atoms with Gasteiger partial charge in [-0.25, -0.2) is 17.8 Å². The van der Waals surface area contributed by atoms with Crippen molar-refractivity contribution in [3.05, 3.63) is 41.2 Å². The van der Waals surface area contributed by atoms with E-state index in [2.05, 4.69) is 15.6 Å². The molecule has 1 fully saturated rings. The lowest BCUT2D eigenvalue weighted by Crippen LogP contribution is -2.52. The Morgan fingerprint density at radius 2 is 2.00 bits per heavy atom. The van der Waals surface area contributed by atoms with Crippen molar-refractivity contribution in [2.45, 2.75) is 51.0 Å². The molecule has 11 heteroatoms. The monoisotopic (exact) mass is 496 g/mol. The standard InChI is InChI=1S/C22H29FN4O4S2/c1-4-14(2)19(21(29)26-22-24-12-15(3)32-22)25-20(28)16-6-5-11-27(13-16)33(30,31)18-9-7-17(23)8-10-18/h7-10,12,14,16,19H,4-6,11,13H2,1-3H3,(H,25,28)(H,24,26,29)/t14-,16-,19-/m0/s1. The summed E-state index contributed by atoms with van der Waals surface area (Å²) in [5.41, 5.74) is 0. The van der Waals surface area contributed by atoms with E-state index in [-0.39, 0.29) is 35.7 Å². The van der Waals surface area contributed by atoms with Gasteiger partial charge in [0.1, 0.15) is 11.9 Å². The van der Waals surface area contributed by atoms with Crippen LogP contribution in [0.4, 0.5) is 9.52 Å². The summed E-state index contributed by atoms with van der Waals surface area (Å²) in [5, 5.41) is 6.07. The molecule has 2 amide bonds. The molecule has 0 unspecified atom stereocenters. The number of halogens is 1. The van der Waals surface area contributed by atoms with E-state index < -0.39 is 27.8 Å². The lowest BCUT2D eigenvalue weighted by molar-refractivity contribution is -0.131. The molecule has 0 spiro atoms. The Labute approximate surface area is 197 Å². The number of aryl methyl sites for hydroxylation is 1. The van der Waals surface area contributed by atoms with Crippen LogP contribution in [-0.4, -0.2) is 48.7 Å². The Hall–Kier alpha value is -2.37. The third-order valence-corrected chi connectivity index (χ3v) is 8.56. The third-order valence-electron chi connectivity index (χ3n) is 5.85. The van der Waals surface area contributed by atoms with Crippen LogP contribution in [0.15, 0.2) is 35.4 Å². The second-order valence-corrected chi connectivity index (χ2v) is 11.5. The van der Waals surface area contributed by atoms with E-state index in [1.165, 1.54) is 27.8 Å². The molecule has 2 heterocycles. The average molecular weight is 497 g/mol. The number of nitrogens with one attached hydrogen (secondary N) is 2. The summed E-state index contributed by atoms with van der Waals surface area (Å²) in [6, 6.07) is 3.87. The van der Waals surface area contributed by atoms with Gasteiger partial charge < -0.3 is 10.6 Å². The average Bonchev–Trinajstić information content (AvgIpc) is 3.21. The highest BCUT2D eigenvalue weighted by molar-refractivity contribution is 7.89. The number of carbonyl (C=O) groups is 2. The Morgan fingerprint density at radius 1 is 1.30 bits per heavy atom. The van der Waals surface area contributed by atoms with E-state index in [9.17, 15) is 22.4 Å². The van der Waals surface area contributed by atoms with Crippen molar-refractivity contribution in [3.8, 4) is 0 Å². The first-order chi connectivity index (χ1) is 15.6. The van der Waals surface area contributed by atoms with Gasteiger partial charge in [0.15, 0.2) is 5.13 Å². The molecule has 2 N–H and O–H groups in total. The minimum Gasteiger partial charge on any atom is -0.344 e. The minimum atomic E-state index is -3.85. The molecule has 0 aliphatic carbocycles. The van der Waals surface area contributed by atoms with Crippen molar-refractivity contribution in [2.24, 2.45) is 11.8 Å². The van der Waals surface area contributed by atoms with Crippen molar-refractivity contribution in [1.82, 2.24) is 14.6 Å². The molecular weight excluding hydrogens is 467 g/mol. The molecule has 3 rings (SSSR count). The number of anilines is 1. The summed E-state index contributed by atoms with van der Waals surface area (Å²) in [5.74, 6) is -1.94. The SMILES string of the molecule is CC[C@H](C)[C@H](NC(=O)[C@H]1CCCN(S(=O)(=O)c2ccc(F)cc2)C1)C(=O)Nc1ncc(C)s1. The van der Waals surface area contributed by atoms with Crippen LogP contribution in [0.5, 0.6) is 0 Å². The number of rotatable bonds is 8. The molecule has 8 nitrogen and oxygen atoms in total. The molecule has 1 aromatic carbocycles. The van der Waals surface area contributed by atoms with E-state index in [1.54, 1.807) is 6.20 Å². The smallest absolute Gasteiger partial charge is 0.249 e. The van der Waals surface area contributed by atoms with Crippen LogP contribution in [0, 0.1) is 24.6 Å². The molecule has 33 heavy (non-hydrogen) atoms. The maximum atomic E-state index is 13.2. The van der Waals surface area contributed by atoms with E-state index in [0.717, 1.165) is 17.0 Å². The lowest BCUT2D eigenvalue weighted by Gasteiger charge is -2.32. The number of aromatic nitrogens is 1. The quantitative estimate of drug-likeness (QED) is 0.584. The summed E-state index contributed by atoms with van der Waals surface area (Å²) in [7, 11) is -3.85. The third kappa shape index (κ3) is 6.15. The van der Waals surface area contributed by atoms with Crippen LogP contribution in [0.3, 0.4) is 0 Å². The van der Waals surface area contributed by atoms with Crippen LogP contribution < -0.4 is 10.6 Å². The molecule has 0 radical (unpaired) electrons. The minimum absolute atomic E-state index is 0.00601. The molecule has 0 saturated carbocycles. The van der Waals surface area contributed by atoms with Crippen molar-refractivity contribution in [1.29, 1.82) is 0 Å². The van der Waals surface area contributed by atoms with Gasteiger partial charge in [0.25, 0.3) is 0 Å². The molecule has 3 atom stereocenters. The summed E-state index contributed by atoms with van der Waals surface area (Å²) >= 11 is 1.35. The summed E-state index contributed by atoms with van der Waals surface area (Å²) in [6.07, 6.45) is 3.36. The highest BCUT2D eigenvalue weighted by atomic mass is 32.2. The van der Waals surface area contributed by atoms with E-state index in [4.69, 9.17) is 0 Å². The summed E-state index contributed by atoms with van der Waals surface area (Å²) in [4.78, 5) is 31.0. The van der Waals surface area contributed by atoms with Crippen molar-refractivity contribution < 1.29 is 22.4 Å². The first-order valence-electron chi connectivity index (χ1n) is 10.9. The van der Waals surface area contributed by atoms with Crippen LogP contribution in [-0.2, 0) is 19.6 Å². The molecule has 1 aromatic heterocycles. The predicted octanol–water partition coefficient (Wildman–Crippen LogP) is 3.16. The van der Waals surface area contributed by atoms with Crippen LogP contribution >= 0.6 is 11.3 Å². The first-order valence-corrected chi connectivity index (χ1v) is 13.2. The van der Waals surface area contributed by atoms with Crippen LogP contribution in [0.2, 0.25) is 0 Å². The Morgan fingerprint density at radius 3 is 2.61 bits per heavy atom. The first kappa shape index (κ1) is 25.3. The fraction of sp³-hybridized carbons (Fsp3) is 0.500. The fourth-order valence-electron chi connectivity index (χ4n) is 3.70. The zero-order valence-corrected chi connectivity index (χ0v) is 20.5. The highest BCUT2D eigenvalue weighted by Crippen LogP contribution is 2.25. The number of carbonyl (C=O) groups excluding carboxylic acids is 2. The van der Waals surface area contributed by atoms with Gasteiger partial charge in [-0.3, -0.25) is 9.59 Å². The molecule has 0 bridgehead atoms. The molecule has 1 saturated heterocycles. The number of hydrogen-bond acceptors (Lipinski definition) is 6. The largest absolute Gasteiger partial charge is 0.344 e. The van der Waals surface area contributed by atoms with Crippen molar-refractivity contribution in [2.75, 3.05) is 18.4 Å². The number of piperidine rings is 1. The number of sulfonamides is 1.